The van der Waals surface area contributed by atoms with Gasteiger partial charge in [-0.15, -0.1) is 0 Å². The molecule has 1 aromatic heterocycles. The summed E-state index contributed by atoms with van der Waals surface area (Å²) >= 11 is 0. The van der Waals surface area contributed by atoms with Crippen molar-refractivity contribution in [1.82, 2.24) is 15.2 Å². The molecule has 1 fully saturated rings. The van der Waals surface area contributed by atoms with Crippen molar-refractivity contribution in [3.63, 3.8) is 0 Å². The lowest BCUT2D eigenvalue weighted by atomic mass is 10.1. The van der Waals surface area contributed by atoms with Crippen molar-refractivity contribution in [2.24, 2.45) is 5.92 Å². The van der Waals surface area contributed by atoms with Crippen molar-refractivity contribution in [3.8, 4) is 5.88 Å². The largest absolute Gasteiger partial charge is 0.477 e. The first kappa shape index (κ1) is 20.9. The van der Waals surface area contributed by atoms with E-state index < -0.39 is 0 Å². The van der Waals surface area contributed by atoms with Crippen LogP contribution in [0.1, 0.15) is 55.0 Å². The zero-order valence-corrected chi connectivity index (χ0v) is 18.0. The van der Waals surface area contributed by atoms with Crippen molar-refractivity contribution >= 4 is 17.7 Å². The Hall–Kier alpha value is -4.00. The number of ether oxygens (including phenoxy) is 1. The molecule has 7 nitrogen and oxygen atoms in total. The van der Waals surface area contributed by atoms with Gasteiger partial charge < -0.3 is 10.1 Å². The minimum Gasteiger partial charge on any atom is -0.477 e. The minimum atomic E-state index is -0.389. The van der Waals surface area contributed by atoms with Gasteiger partial charge in [0.25, 0.3) is 17.7 Å². The number of fused-ring (bicyclic) bond motifs is 1. The van der Waals surface area contributed by atoms with Gasteiger partial charge in [-0.05, 0) is 48.1 Å². The number of pyridine rings is 1. The molecule has 0 atom stereocenters. The second-order valence-corrected chi connectivity index (χ2v) is 8.38. The molecular weight excluding hydrogens is 418 g/mol. The Morgan fingerprint density at radius 3 is 2.48 bits per heavy atom. The van der Waals surface area contributed by atoms with Crippen molar-refractivity contribution < 1.29 is 19.1 Å². The molecule has 1 aliphatic heterocycles. The number of carbonyl (C=O) groups excluding carboxylic acids is 3. The predicted octanol–water partition coefficient (Wildman–Crippen LogP) is 3.60. The number of aromatic nitrogens is 1. The fourth-order valence-electron chi connectivity index (χ4n) is 3.71. The summed E-state index contributed by atoms with van der Waals surface area (Å²) in [6.45, 7) is 1.19. The van der Waals surface area contributed by atoms with E-state index >= 15 is 0 Å². The third kappa shape index (κ3) is 4.62. The summed E-state index contributed by atoms with van der Waals surface area (Å²) in [7, 11) is 0. The number of hydrogen-bond donors (Lipinski definition) is 1. The van der Waals surface area contributed by atoms with Crippen LogP contribution in [0.3, 0.4) is 0 Å². The highest BCUT2D eigenvalue weighted by Gasteiger charge is 2.36. The number of imide groups is 1. The molecular formula is C26H23N3O4. The average Bonchev–Trinajstić information content (AvgIpc) is 3.66. The smallest absolute Gasteiger partial charge is 0.261 e. The van der Waals surface area contributed by atoms with Crippen LogP contribution in [0.4, 0.5) is 0 Å². The van der Waals surface area contributed by atoms with Crippen LogP contribution in [0.5, 0.6) is 5.88 Å². The molecule has 0 unspecified atom stereocenters. The zero-order valence-electron chi connectivity index (χ0n) is 18.0. The lowest BCUT2D eigenvalue weighted by Gasteiger charge is -2.13. The number of amides is 3. The van der Waals surface area contributed by atoms with Gasteiger partial charge in [-0.3, -0.25) is 19.3 Å². The molecule has 1 saturated carbocycles. The van der Waals surface area contributed by atoms with Gasteiger partial charge in [-0.2, -0.15) is 0 Å². The van der Waals surface area contributed by atoms with Crippen LogP contribution in [0, 0.1) is 5.92 Å². The summed E-state index contributed by atoms with van der Waals surface area (Å²) in [4.78, 5) is 43.7. The lowest BCUT2D eigenvalue weighted by molar-refractivity contribution is 0.0642. The Kier molecular flexibility index (Phi) is 5.60. The number of benzene rings is 2. The molecule has 2 aromatic carbocycles. The Bertz CT molecular complexity index is 1200. The van der Waals surface area contributed by atoms with E-state index in [1.54, 1.807) is 24.4 Å². The van der Waals surface area contributed by atoms with E-state index in [1.807, 2.05) is 36.4 Å². The lowest BCUT2D eigenvalue weighted by Crippen LogP contribution is -2.29. The fraction of sp³-hybridized carbons (Fsp3) is 0.231. The molecule has 7 heteroatoms. The van der Waals surface area contributed by atoms with Gasteiger partial charge in [-0.1, -0.05) is 36.4 Å². The van der Waals surface area contributed by atoms with E-state index in [0.29, 0.717) is 36.1 Å². The van der Waals surface area contributed by atoms with E-state index in [2.05, 4.69) is 10.3 Å². The van der Waals surface area contributed by atoms with Crippen LogP contribution < -0.4 is 10.1 Å². The van der Waals surface area contributed by atoms with Crippen LogP contribution in [-0.4, -0.2) is 34.2 Å². The summed E-state index contributed by atoms with van der Waals surface area (Å²) in [6, 6.07) is 17.6. The van der Waals surface area contributed by atoms with Crippen LogP contribution in [0.25, 0.3) is 0 Å². The third-order valence-electron chi connectivity index (χ3n) is 5.83. The minimum absolute atomic E-state index is 0.197. The third-order valence-corrected chi connectivity index (χ3v) is 5.83. The van der Waals surface area contributed by atoms with Gasteiger partial charge in [0, 0.05) is 24.4 Å². The standard InChI is InChI=1S/C26H23N3O4/c30-24(28-14-19-8-11-23(27-13-19)33-16-18-6-7-18)20-9-10-21-22(12-20)26(32)29(25(21)31)15-17-4-2-1-3-5-17/h1-5,8-13,18H,6-7,14-16H2,(H,28,30). The second kappa shape index (κ2) is 8.86. The predicted molar refractivity (Wildman–Crippen MR) is 121 cm³/mol. The quantitative estimate of drug-likeness (QED) is 0.540. The fourth-order valence-corrected chi connectivity index (χ4v) is 3.71. The van der Waals surface area contributed by atoms with E-state index in [-0.39, 0.29) is 29.8 Å². The van der Waals surface area contributed by atoms with E-state index in [1.165, 1.54) is 23.8 Å². The molecule has 0 spiro atoms. The monoisotopic (exact) mass is 441 g/mol. The van der Waals surface area contributed by atoms with Gasteiger partial charge >= 0.3 is 0 Å². The van der Waals surface area contributed by atoms with Gasteiger partial charge in [0.2, 0.25) is 5.88 Å². The molecule has 5 rings (SSSR count). The van der Waals surface area contributed by atoms with Crippen molar-refractivity contribution in [2.75, 3.05) is 6.61 Å². The summed E-state index contributed by atoms with van der Waals surface area (Å²) in [6.07, 6.45) is 4.12. The Labute approximate surface area is 191 Å². The summed E-state index contributed by atoms with van der Waals surface area (Å²) in [5.41, 5.74) is 2.60. The zero-order chi connectivity index (χ0) is 22.8. The Morgan fingerprint density at radius 1 is 0.970 bits per heavy atom. The van der Waals surface area contributed by atoms with Crippen molar-refractivity contribution in [1.29, 1.82) is 0 Å². The van der Waals surface area contributed by atoms with Gasteiger partial charge in [0.05, 0.1) is 24.3 Å². The normalized spacial score (nSPS) is 14.8. The molecule has 0 bridgehead atoms. The molecule has 2 aliphatic rings. The first-order valence-corrected chi connectivity index (χ1v) is 11.0. The summed E-state index contributed by atoms with van der Waals surface area (Å²) in [5, 5.41) is 2.83. The number of hydrogen-bond acceptors (Lipinski definition) is 5. The van der Waals surface area contributed by atoms with Crippen molar-refractivity contribution in [3.05, 3.63) is 94.7 Å². The molecule has 0 saturated heterocycles. The molecule has 166 valence electrons. The number of nitrogens with one attached hydrogen (secondary N) is 1. The molecule has 0 radical (unpaired) electrons. The van der Waals surface area contributed by atoms with Crippen LogP contribution in [-0.2, 0) is 13.1 Å². The van der Waals surface area contributed by atoms with Gasteiger partial charge in [0.15, 0.2) is 0 Å². The summed E-state index contributed by atoms with van der Waals surface area (Å²) < 4.78 is 5.63. The first-order chi connectivity index (χ1) is 16.1. The van der Waals surface area contributed by atoms with Gasteiger partial charge in [-0.25, -0.2) is 4.98 Å². The van der Waals surface area contributed by atoms with E-state index in [9.17, 15) is 14.4 Å². The molecule has 2 heterocycles. The Morgan fingerprint density at radius 2 is 1.76 bits per heavy atom. The van der Waals surface area contributed by atoms with Crippen LogP contribution in [0.15, 0.2) is 66.9 Å². The maximum Gasteiger partial charge on any atom is 0.261 e. The second-order valence-electron chi connectivity index (χ2n) is 8.38. The van der Waals surface area contributed by atoms with E-state index in [0.717, 1.165) is 11.1 Å². The maximum absolute atomic E-state index is 12.9. The molecule has 1 aliphatic carbocycles. The molecule has 3 aromatic rings. The van der Waals surface area contributed by atoms with Crippen LogP contribution >= 0.6 is 0 Å². The average molecular weight is 441 g/mol. The highest BCUT2D eigenvalue weighted by molar-refractivity contribution is 6.22. The molecule has 3 amide bonds. The molecule has 33 heavy (non-hydrogen) atoms. The summed E-state index contributed by atoms with van der Waals surface area (Å²) in [5.74, 6) is 0.179. The highest BCUT2D eigenvalue weighted by atomic mass is 16.5. The van der Waals surface area contributed by atoms with Crippen LogP contribution in [0.2, 0.25) is 0 Å². The highest BCUT2D eigenvalue weighted by Crippen LogP contribution is 2.29. The maximum atomic E-state index is 12.9. The molecule has 1 N–H and O–H groups in total. The SMILES string of the molecule is O=C(NCc1ccc(OCC2CC2)nc1)c1ccc2c(c1)C(=O)N(Cc1ccccc1)C2=O. The van der Waals surface area contributed by atoms with Crippen molar-refractivity contribution in [2.45, 2.75) is 25.9 Å². The Balaban J connectivity index is 1.21. The van der Waals surface area contributed by atoms with Gasteiger partial charge in [0.1, 0.15) is 0 Å². The van der Waals surface area contributed by atoms with E-state index in [4.69, 9.17) is 4.74 Å². The topological polar surface area (TPSA) is 88.6 Å². The first-order valence-electron chi connectivity index (χ1n) is 11.0. The number of carbonyl (C=O) groups is 3. The number of rotatable bonds is 8. The number of nitrogens with zero attached hydrogens (tertiary/aromatic N) is 2.